The predicted molar refractivity (Wildman–Crippen MR) is 158 cm³/mol. The van der Waals surface area contributed by atoms with Crippen LogP contribution in [0.3, 0.4) is 0 Å². The second kappa shape index (κ2) is 8.89. The van der Waals surface area contributed by atoms with Crippen LogP contribution in [0.25, 0.3) is 60.8 Å². The third kappa shape index (κ3) is 3.45. The molecule has 40 heavy (non-hydrogen) atoms. The van der Waals surface area contributed by atoms with Gasteiger partial charge in [0.15, 0.2) is 6.17 Å². The lowest BCUT2D eigenvalue weighted by molar-refractivity contribution is 0.402. The van der Waals surface area contributed by atoms with Gasteiger partial charge in [-0.2, -0.15) is 0 Å². The Bertz CT molecular complexity index is 2180. The largest absolute Gasteiger partial charge is 0.456 e. The van der Waals surface area contributed by atoms with E-state index in [1.807, 2.05) is 103 Å². The zero-order valence-electron chi connectivity index (χ0n) is 21.3. The number of aromatic nitrogens is 3. The standard InChI is InChI=1S/C35H22FN3O/c36-35(23-9-7-8-22(20-23)27-11-3-5-18-37-27)24-14-15-25-29(21-24)39(32-13-4-6-19-38-32)28-16-17-31-34(33(25)28)26-10-1-2-12-30(26)40-31/h1-21,35H. The first kappa shape index (κ1) is 22.7. The molecule has 0 saturated heterocycles. The number of fused-ring (bicyclic) bond motifs is 7. The van der Waals surface area contributed by atoms with Crippen LogP contribution in [0.2, 0.25) is 0 Å². The lowest BCUT2D eigenvalue weighted by Gasteiger charge is -2.12. The molecule has 4 aromatic carbocycles. The number of para-hydroxylation sites is 1. The third-order valence-electron chi connectivity index (χ3n) is 7.61. The Morgan fingerprint density at radius 2 is 1.43 bits per heavy atom. The smallest absolute Gasteiger partial charge is 0.150 e. The topological polar surface area (TPSA) is 43.9 Å². The number of rotatable bonds is 4. The molecule has 0 aliphatic carbocycles. The molecule has 1 unspecified atom stereocenters. The van der Waals surface area contributed by atoms with Gasteiger partial charge < -0.3 is 4.42 Å². The van der Waals surface area contributed by atoms with Gasteiger partial charge in [-0.3, -0.25) is 9.55 Å². The van der Waals surface area contributed by atoms with Gasteiger partial charge in [0.25, 0.3) is 0 Å². The molecule has 0 radical (unpaired) electrons. The van der Waals surface area contributed by atoms with E-state index < -0.39 is 6.17 Å². The summed E-state index contributed by atoms with van der Waals surface area (Å²) in [6.45, 7) is 0. The third-order valence-corrected chi connectivity index (χ3v) is 7.61. The van der Waals surface area contributed by atoms with Crippen molar-refractivity contribution in [3.05, 3.63) is 139 Å². The molecule has 190 valence electrons. The SMILES string of the molecule is FC(c1cccc(-c2ccccn2)c1)c1ccc2c3c4c(ccc3n(-c3ccccn3)c2c1)oc1ccccc14. The molecule has 5 heteroatoms. The van der Waals surface area contributed by atoms with E-state index in [2.05, 4.69) is 26.7 Å². The number of nitrogens with zero attached hydrogens (tertiary/aromatic N) is 3. The van der Waals surface area contributed by atoms with Gasteiger partial charge in [0.1, 0.15) is 17.0 Å². The Labute approximate surface area is 229 Å². The maximum absolute atomic E-state index is 16.2. The second-order valence-corrected chi connectivity index (χ2v) is 9.93. The minimum absolute atomic E-state index is 0.582. The van der Waals surface area contributed by atoms with Crippen LogP contribution in [0.4, 0.5) is 4.39 Å². The van der Waals surface area contributed by atoms with E-state index in [4.69, 9.17) is 4.42 Å². The molecule has 0 fully saturated rings. The lowest BCUT2D eigenvalue weighted by Crippen LogP contribution is -1.99. The van der Waals surface area contributed by atoms with Crippen molar-refractivity contribution in [3.8, 4) is 17.1 Å². The Morgan fingerprint density at radius 3 is 2.27 bits per heavy atom. The Balaban J connectivity index is 1.37. The van der Waals surface area contributed by atoms with Gasteiger partial charge in [-0.25, -0.2) is 9.37 Å². The van der Waals surface area contributed by atoms with E-state index in [0.29, 0.717) is 11.1 Å². The highest BCUT2D eigenvalue weighted by atomic mass is 19.1. The fourth-order valence-electron chi connectivity index (χ4n) is 5.81. The highest BCUT2D eigenvalue weighted by molar-refractivity contribution is 6.27. The summed E-state index contributed by atoms with van der Waals surface area (Å²) in [5.74, 6) is 0.777. The van der Waals surface area contributed by atoms with Crippen molar-refractivity contribution in [2.45, 2.75) is 6.17 Å². The predicted octanol–water partition coefficient (Wildman–Crippen LogP) is 9.20. The van der Waals surface area contributed by atoms with Gasteiger partial charge in [-0.15, -0.1) is 0 Å². The van der Waals surface area contributed by atoms with E-state index in [1.54, 1.807) is 12.4 Å². The fourth-order valence-corrected chi connectivity index (χ4v) is 5.81. The number of hydrogen-bond acceptors (Lipinski definition) is 3. The number of alkyl halides is 1. The van der Waals surface area contributed by atoms with Crippen molar-refractivity contribution in [1.29, 1.82) is 0 Å². The summed E-state index contributed by atoms with van der Waals surface area (Å²) < 4.78 is 24.6. The number of benzene rings is 4. The average Bonchev–Trinajstić information content (AvgIpc) is 3.56. The monoisotopic (exact) mass is 519 g/mol. The number of hydrogen-bond donors (Lipinski definition) is 0. The van der Waals surface area contributed by atoms with Crippen molar-refractivity contribution < 1.29 is 8.81 Å². The summed E-state index contributed by atoms with van der Waals surface area (Å²) in [7, 11) is 0. The molecule has 4 aromatic heterocycles. The van der Waals surface area contributed by atoms with Crippen molar-refractivity contribution in [2.75, 3.05) is 0 Å². The first-order chi connectivity index (χ1) is 19.8. The summed E-state index contributed by atoms with van der Waals surface area (Å²) in [5.41, 5.74) is 6.44. The Kier molecular flexibility index (Phi) is 5.04. The van der Waals surface area contributed by atoms with Crippen LogP contribution in [0.1, 0.15) is 17.3 Å². The Hall–Kier alpha value is -5.29. The first-order valence-corrected chi connectivity index (χ1v) is 13.2. The summed E-state index contributed by atoms with van der Waals surface area (Å²) in [4.78, 5) is 9.10. The molecule has 0 aliphatic heterocycles. The van der Waals surface area contributed by atoms with Gasteiger partial charge in [-0.05, 0) is 65.7 Å². The molecule has 0 amide bonds. The molecule has 8 rings (SSSR count). The molecule has 1 atom stereocenters. The lowest BCUT2D eigenvalue weighted by atomic mass is 9.98. The van der Waals surface area contributed by atoms with Crippen molar-refractivity contribution in [3.63, 3.8) is 0 Å². The van der Waals surface area contributed by atoms with Gasteiger partial charge >= 0.3 is 0 Å². The zero-order valence-corrected chi connectivity index (χ0v) is 21.3. The fraction of sp³-hybridized carbons (Fsp3) is 0.0286. The minimum atomic E-state index is -1.31. The van der Waals surface area contributed by atoms with Gasteiger partial charge in [0, 0.05) is 39.5 Å². The molecule has 4 heterocycles. The average molecular weight is 520 g/mol. The van der Waals surface area contributed by atoms with E-state index >= 15 is 4.39 Å². The van der Waals surface area contributed by atoms with Gasteiger partial charge in [0.05, 0.1) is 16.7 Å². The number of pyridine rings is 2. The van der Waals surface area contributed by atoms with Crippen molar-refractivity contribution >= 4 is 43.7 Å². The molecule has 0 spiro atoms. The van der Waals surface area contributed by atoms with E-state index in [0.717, 1.165) is 60.8 Å². The minimum Gasteiger partial charge on any atom is -0.456 e. The highest BCUT2D eigenvalue weighted by Crippen LogP contribution is 2.42. The highest BCUT2D eigenvalue weighted by Gasteiger charge is 2.21. The van der Waals surface area contributed by atoms with Gasteiger partial charge in [0.2, 0.25) is 0 Å². The number of furan rings is 1. The summed E-state index contributed by atoms with van der Waals surface area (Å²) in [6.07, 6.45) is 2.22. The maximum Gasteiger partial charge on any atom is 0.150 e. The van der Waals surface area contributed by atoms with Crippen LogP contribution < -0.4 is 0 Å². The van der Waals surface area contributed by atoms with Crippen LogP contribution >= 0.6 is 0 Å². The van der Waals surface area contributed by atoms with E-state index in [1.165, 1.54) is 0 Å². The zero-order chi connectivity index (χ0) is 26.6. The summed E-state index contributed by atoms with van der Waals surface area (Å²) in [6, 6.07) is 37.2. The van der Waals surface area contributed by atoms with E-state index in [9.17, 15) is 0 Å². The molecule has 0 bridgehead atoms. The molecule has 0 saturated carbocycles. The normalized spacial score (nSPS) is 12.5. The molecule has 4 nitrogen and oxygen atoms in total. The summed E-state index contributed by atoms with van der Waals surface area (Å²) in [5, 5.41) is 4.21. The number of halogens is 1. The summed E-state index contributed by atoms with van der Waals surface area (Å²) >= 11 is 0. The van der Waals surface area contributed by atoms with E-state index in [-0.39, 0.29) is 0 Å². The Morgan fingerprint density at radius 1 is 0.600 bits per heavy atom. The molecule has 8 aromatic rings. The molecule has 0 aliphatic rings. The second-order valence-electron chi connectivity index (χ2n) is 9.93. The van der Waals surface area contributed by atoms with Crippen LogP contribution in [-0.2, 0) is 0 Å². The van der Waals surface area contributed by atoms with Crippen LogP contribution in [0.15, 0.2) is 132 Å². The van der Waals surface area contributed by atoms with Crippen LogP contribution in [0.5, 0.6) is 0 Å². The van der Waals surface area contributed by atoms with Crippen LogP contribution in [0, 0.1) is 0 Å². The van der Waals surface area contributed by atoms with Gasteiger partial charge in [-0.1, -0.05) is 60.7 Å². The quantitative estimate of drug-likeness (QED) is 0.233. The molecular formula is C35H22FN3O. The van der Waals surface area contributed by atoms with Crippen molar-refractivity contribution in [1.82, 2.24) is 14.5 Å². The maximum atomic E-state index is 16.2. The van der Waals surface area contributed by atoms with Crippen LogP contribution in [-0.4, -0.2) is 14.5 Å². The molecular weight excluding hydrogens is 497 g/mol. The molecule has 0 N–H and O–H groups in total. The van der Waals surface area contributed by atoms with Crippen molar-refractivity contribution in [2.24, 2.45) is 0 Å². The first-order valence-electron chi connectivity index (χ1n) is 13.2.